The van der Waals surface area contributed by atoms with Gasteiger partial charge in [-0.05, 0) is 50.7 Å². The van der Waals surface area contributed by atoms with Crippen LogP contribution in [-0.4, -0.2) is 52.6 Å². The van der Waals surface area contributed by atoms with Gasteiger partial charge >= 0.3 is 11.9 Å². The van der Waals surface area contributed by atoms with E-state index in [-0.39, 0.29) is 24.5 Å². The number of rotatable bonds is 5. The van der Waals surface area contributed by atoms with Gasteiger partial charge in [-0.2, -0.15) is 0 Å². The molecule has 0 aliphatic heterocycles. The number of allylic oxidation sites excluding steroid dienone is 4. The summed E-state index contributed by atoms with van der Waals surface area (Å²) >= 11 is 0. The second kappa shape index (κ2) is 8.36. The monoisotopic (exact) mass is 490 g/mol. The van der Waals surface area contributed by atoms with Crippen LogP contribution in [0.4, 0.5) is 4.39 Å². The number of aliphatic hydroxyl groups is 1. The molecule has 0 amide bonds. The van der Waals surface area contributed by atoms with Crippen LogP contribution in [0.3, 0.4) is 0 Å². The summed E-state index contributed by atoms with van der Waals surface area (Å²) in [5.41, 5.74) is -5.26. The number of fused-ring (bicyclic) bond motifs is 5. The second-order valence-corrected chi connectivity index (χ2v) is 11.2. The average molecular weight is 491 g/mol. The van der Waals surface area contributed by atoms with Crippen LogP contribution in [0.1, 0.15) is 66.7 Å². The van der Waals surface area contributed by atoms with E-state index in [9.17, 15) is 24.3 Å². The molecule has 0 aromatic rings. The molecule has 3 fully saturated rings. The molecule has 0 aromatic heterocycles. The maximum Gasteiger partial charge on any atom is 0.306 e. The molecule has 8 heteroatoms. The third-order valence-corrected chi connectivity index (χ3v) is 9.57. The van der Waals surface area contributed by atoms with Crippen LogP contribution in [-0.2, 0) is 28.7 Å². The Bertz CT molecular complexity index is 1030. The van der Waals surface area contributed by atoms with Crippen molar-refractivity contribution in [3.05, 3.63) is 23.8 Å². The lowest BCUT2D eigenvalue weighted by molar-refractivity contribution is -0.228. The van der Waals surface area contributed by atoms with E-state index in [1.54, 1.807) is 33.8 Å². The van der Waals surface area contributed by atoms with E-state index in [2.05, 4.69) is 0 Å². The van der Waals surface area contributed by atoms with E-state index in [1.807, 2.05) is 0 Å². The summed E-state index contributed by atoms with van der Waals surface area (Å²) in [7, 11) is 0. The smallest absolute Gasteiger partial charge is 0.306 e. The third-order valence-electron chi connectivity index (χ3n) is 9.57. The molecular formula is C27H35FO7. The van der Waals surface area contributed by atoms with Crippen LogP contribution in [0.25, 0.3) is 0 Å². The Balaban J connectivity index is 1.82. The molecule has 0 heterocycles. The Hall–Kier alpha value is -2.35. The van der Waals surface area contributed by atoms with Crippen LogP contribution >= 0.6 is 0 Å². The normalized spacial score (nSPS) is 44.0. The van der Waals surface area contributed by atoms with Gasteiger partial charge in [-0.25, -0.2) is 4.39 Å². The summed E-state index contributed by atoms with van der Waals surface area (Å²) in [5, 5.41) is 11.5. The Morgan fingerprint density at radius 2 is 1.91 bits per heavy atom. The Morgan fingerprint density at radius 3 is 2.54 bits per heavy atom. The zero-order valence-corrected chi connectivity index (χ0v) is 21.1. The number of esters is 2. The van der Waals surface area contributed by atoms with Crippen molar-refractivity contribution in [2.45, 2.75) is 84.1 Å². The average Bonchev–Trinajstić information content (AvgIpc) is 3.00. The first-order chi connectivity index (χ1) is 16.3. The SMILES string of the molecule is CCC(=O)OC1(C(=O)COC(C)=O)[C@@H](C)C[C@@H]2[C@@H]3CCC4=CC(=O)C=C[C@]4(C)[C@]3(F)[C@@H](O)C[C@@]21C. The first-order valence-corrected chi connectivity index (χ1v) is 12.5. The highest BCUT2D eigenvalue weighted by molar-refractivity contribution is 6.01. The summed E-state index contributed by atoms with van der Waals surface area (Å²) in [4.78, 5) is 49.8. The number of ether oxygens (including phenoxy) is 2. The molecule has 7 nitrogen and oxygen atoms in total. The second-order valence-electron chi connectivity index (χ2n) is 11.2. The molecule has 0 bridgehead atoms. The highest BCUT2D eigenvalue weighted by Gasteiger charge is 2.77. The van der Waals surface area contributed by atoms with Gasteiger partial charge in [0.05, 0.1) is 6.10 Å². The van der Waals surface area contributed by atoms with Gasteiger partial charge in [0.1, 0.15) is 0 Å². The summed E-state index contributed by atoms with van der Waals surface area (Å²) in [6, 6.07) is 0. The minimum absolute atomic E-state index is 0.0418. The maximum absolute atomic E-state index is 17.3. The molecule has 4 aliphatic carbocycles. The van der Waals surface area contributed by atoms with Crippen molar-refractivity contribution >= 4 is 23.5 Å². The Morgan fingerprint density at radius 1 is 1.23 bits per heavy atom. The lowest BCUT2D eigenvalue weighted by Crippen LogP contribution is -2.70. The Kier molecular flexibility index (Phi) is 6.14. The van der Waals surface area contributed by atoms with Crippen molar-refractivity contribution in [2.75, 3.05) is 6.61 Å². The molecule has 0 spiro atoms. The molecule has 0 saturated heterocycles. The fraction of sp³-hybridized carbons (Fsp3) is 0.704. The van der Waals surface area contributed by atoms with Crippen molar-refractivity contribution in [1.82, 2.24) is 0 Å². The van der Waals surface area contributed by atoms with E-state index < -0.39 is 64.4 Å². The molecule has 192 valence electrons. The van der Waals surface area contributed by atoms with E-state index in [0.29, 0.717) is 24.8 Å². The van der Waals surface area contributed by atoms with Gasteiger partial charge in [-0.15, -0.1) is 0 Å². The van der Waals surface area contributed by atoms with Gasteiger partial charge in [-0.1, -0.05) is 32.4 Å². The summed E-state index contributed by atoms with van der Waals surface area (Å²) < 4.78 is 28.3. The van der Waals surface area contributed by atoms with E-state index in [1.165, 1.54) is 19.1 Å². The first kappa shape index (κ1) is 25.7. The number of Topliss-reactive ketones (excluding diaryl/α,β-unsaturated/α-hetero) is 1. The molecular weight excluding hydrogens is 455 g/mol. The van der Waals surface area contributed by atoms with Gasteiger partial charge in [0.2, 0.25) is 5.78 Å². The molecule has 4 rings (SSSR count). The van der Waals surface area contributed by atoms with Crippen LogP contribution < -0.4 is 0 Å². The maximum atomic E-state index is 17.3. The standard InChI is InChI=1S/C27H35FO7/c1-6-23(33)35-27(22(32)14-34-16(3)29)15(2)11-20-19-8-7-17-12-18(30)9-10-24(17,4)26(19,28)21(31)13-25(20,27)5/h9-10,12,15,19-21,31H,6-8,11,13-14H2,1-5H3/t15-,19-,20+,21-,24-,25-,26+,27?/m0/s1. The first-order valence-electron chi connectivity index (χ1n) is 12.5. The van der Waals surface area contributed by atoms with Gasteiger partial charge in [0.25, 0.3) is 0 Å². The predicted octanol–water partition coefficient (Wildman–Crippen LogP) is 3.43. The van der Waals surface area contributed by atoms with E-state index in [4.69, 9.17) is 9.47 Å². The van der Waals surface area contributed by atoms with Crippen molar-refractivity contribution in [2.24, 2.45) is 28.6 Å². The number of carbonyl (C=O) groups excluding carboxylic acids is 4. The number of alkyl halides is 1. The van der Waals surface area contributed by atoms with Crippen LogP contribution in [0, 0.1) is 28.6 Å². The fourth-order valence-corrected chi connectivity index (χ4v) is 7.92. The number of ketones is 2. The number of hydrogen-bond donors (Lipinski definition) is 1. The van der Waals surface area contributed by atoms with Crippen LogP contribution in [0.2, 0.25) is 0 Å². The fourth-order valence-electron chi connectivity index (χ4n) is 7.92. The van der Waals surface area contributed by atoms with Gasteiger partial charge in [0.15, 0.2) is 23.7 Å². The molecule has 8 atom stereocenters. The molecule has 35 heavy (non-hydrogen) atoms. The van der Waals surface area contributed by atoms with E-state index in [0.717, 1.165) is 0 Å². The minimum Gasteiger partial charge on any atom is -0.458 e. The molecule has 1 unspecified atom stereocenters. The predicted molar refractivity (Wildman–Crippen MR) is 124 cm³/mol. The van der Waals surface area contributed by atoms with Crippen molar-refractivity contribution in [1.29, 1.82) is 0 Å². The van der Waals surface area contributed by atoms with Crippen LogP contribution in [0.15, 0.2) is 23.8 Å². The third kappa shape index (κ3) is 3.31. The zero-order chi connectivity index (χ0) is 26.0. The highest BCUT2D eigenvalue weighted by Crippen LogP contribution is 2.71. The lowest BCUT2D eigenvalue weighted by Gasteiger charge is -2.62. The topological polar surface area (TPSA) is 107 Å². The number of halogens is 1. The van der Waals surface area contributed by atoms with Gasteiger partial charge < -0.3 is 14.6 Å². The van der Waals surface area contributed by atoms with Crippen molar-refractivity contribution in [3.8, 4) is 0 Å². The minimum atomic E-state index is -2.05. The molecule has 1 N–H and O–H groups in total. The van der Waals surface area contributed by atoms with Crippen molar-refractivity contribution < 1.29 is 38.1 Å². The zero-order valence-electron chi connectivity index (χ0n) is 21.1. The van der Waals surface area contributed by atoms with Crippen molar-refractivity contribution in [3.63, 3.8) is 0 Å². The summed E-state index contributed by atoms with van der Waals surface area (Å²) in [6.45, 7) is 7.59. The highest BCUT2D eigenvalue weighted by atomic mass is 19.1. The summed E-state index contributed by atoms with van der Waals surface area (Å²) in [5.74, 6) is -3.41. The van der Waals surface area contributed by atoms with E-state index >= 15 is 4.39 Å². The van der Waals surface area contributed by atoms with Crippen LogP contribution in [0.5, 0.6) is 0 Å². The molecule has 0 radical (unpaired) electrons. The molecule has 4 aliphatic rings. The summed E-state index contributed by atoms with van der Waals surface area (Å²) in [6.07, 6.45) is 4.21. The number of aliphatic hydroxyl groups excluding tert-OH is 1. The Labute approximate surface area is 205 Å². The van der Waals surface area contributed by atoms with Gasteiger partial charge in [0, 0.05) is 36.0 Å². The lowest BCUT2D eigenvalue weighted by atomic mass is 9.44. The molecule has 3 saturated carbocycles. The largest absolute Gasteiger partial charge is 0.458 e. The number of hydrogen-bond acceptors (Lipinski definition) is 7. The van der Waals surface area contributed by atoms with Gasteiger partial charge in [-0.3, -0.25) is 19.2 Å². The quantitative estimate of drug-likeness (QED) is 0.589. The number of carbonyl (C=O) groups is 4. The molecule has 0 aromatic carbocycles.